The quantitative estimate of drug-likeness (QED) is 0.662. The molecule has 0 bridgehead atoms. The van der Waals surface area contributed by atoms with Gasteiger partial charge in [-0.1, -0.05) is 13.3 Å². The predicted octanol–water partition coefficient (Wildman–Crippen LogP) is 3.09. The molecule has 0 unspecified atom stereocenters. The summed E-state index contributed by atoms with van der Waals surface area (Å²) in [6.07, 6.45) is 7.16. The lowest BCUT2D eigenvalue weighted by atomic mass is 10.2. The summed E-state index contributed by atoms with van der Waals surface area (Å²) < 4.78 is 2.11. The first kappa shape index (κ1) is 15.6. The van der Waals surface area contributed by atoms with Crippen molar-refractivity contribution in [1.29, 1.82) is 0 Å². The van der Waals surface area contributed by atoms with E-state index in [1.54, 1.807) is 0 Å². The summed E-state index contributed by atoms with van der Waals surface area (Å²) in [5, 5.41) is 8.08. The van der Waals surface area contributed by atoms with Gasteiger partial charge in [0.25, 0.3) is 0 Å². The van der Waals surface area contributed by atoms with Gasteiger partial charge in [-0.2, -0.15) is 16.9 Å². The fraction of sp³-hybridized carbons (Fsp3) is 0.786. The second-order valence-corrected chi connectivity index (χ2v) is 5.51. The van der Waals surface area contributed by atoms with Gasteiger partial charge in [0.2, 0.25) is 0 Å². The average Bonchev–Trinajstić information content (AvgIpc) is 2.80. The summed E-state index contributed by atoms with van der Waals surface area (Å²) in [6, 6.07) is 2.23. The van der Waals surface area contributed by atoms with Crippen molar-refractivity contribution in [2.24, 2.45) is 0 Å². The van der Waals surface area contributed by atoms with Crippen LogP contribution in [0.4, 0.5) is 0 Å². The first-order valence-corrected chi connectivity index (χ1v) is 8.46. The van der Waals surface area contributed by atoms with E-state index in [9.17, 15) is 0 Å². The Kier molecular flexibility index (Phi) is 8.18. The summed E-state index contributed by atoms with van der Waals surface area (Å²) in [4.78, 5) is 0. The van der Waals surface area contributed by atoms with Crippen LogP contribution >= 0.6 is 11.8 Å². The molecule has 0 aliphatic rings. The molecule has 0 spiro atoms. The van der Waals surface area contributed by atoms with Crippen LogP contribution in [0.5, 0.6) is 0 Å². The number of unbranched alkanes of at least 4 members (excludes halogenated alkanes) is 2. The zero-order valence-electron chi connectivity index (χ0n) is 12.0. The van der Waals surface area contributed by atoms with Gasteiger partial charge >= 0.3 is 0 Å². The van der Waals surface area contributed by atoms with Crippen LogP contribution < -0.4 is 5.32 Å². The summed E-state index contributed by atoms with van der Waals surface area (Å²) in [6.45, 7) is 7.34. The highest BCUT2D eigenvalue weighted by atomic mass is 32.2. The van der Waals surface area contributed by atoms with Crippen molar-refractivity contribution >= 4 is 11.8 Å². The van der Waals surface area contributed by atoms with E-state index in [-0.39, 0.29) is 0 Å². The SMILES string of the molecule is CCc1cc(CNCCCCCSC)n(CC)n1. The average molecular weight is 269 g/mol. The van der Waals surface area contributed by atoms with Crippen molar-refractivity contribution in [2.75, 3.05) is 18.6 Å². The maximum atomic E-state index is 4.56. The molecule has 1 aromatic rings. The molecule has 0 fully saturated rings. The van der Waals surface area contributed by atoms with Gasteiger partial charge in [0.15, 0.2) is 0 Å². The molecular weight excluding hydrogens is 242 g/mol. The summed E-state index contributed by atoms with van der Waals surface area (Å²) in [5.74, 6) is 1.29. The summed E-state index contributed by atoms with van der Waals surface area (Å²) in [5.41, 5.74) is 2.52. The zero-order valence-corrected chi connectivity index (χ0v) is 12.9. The number of hydrogen-bond donors (Lipinski definition) is 1. The molecule has 0 saturated heterocycles. The fourth-order valence-electron chi connectivity index (χ4n) is 1.99. The molecular formula is C14H27N3S. The minimum absolute atomic E-state index is 0.948. The standard InChI is InChI=1S/C14H27N3S/c1-4-13-11-14(17(5-2)16-13)12-15-9-7-6-8-10-18-3/h11,15H,4-10,12H2,1-3H3. The lowest BCUT2D eigenvalue weighted by molar-refractivity contribution is 0.562. The van der Waals surface area contributed by atoms with Crippen molar-refractivity contribution in [3.8, 4) is 0 Å². The molecule has 1 rings (SSSR count). The van der Waals surface area contributed by atoms with Gasteiger partial charge in [-0.3, -0.25) is 4.68 Å². The molecule has 0 aliphatic carbocycles. The molecule has 1 N–H and O–H groups in total. The normalized spacial score (nSPS) is 11.1. The molecule has 0 aliphatic heterocycles. The number of thioether (sulfide) groups is 1. The Labute approximate surface area is 116 Å². The highest BCUT2D eigenvalue weighted by Gasteiger charge is 2.04. The largest absolute Gasteiger partial charge is 0.311 e. The molecule has 0 amide bonds. The molecule has 104 valence electrons. The van der Waals surface area contributed by atoms with Crippen LogP contribution in [0.1, 0.15) is 44.5 Å². The van der Waals surface area contributed by atoms with E-state index in [0.29, 0.717) is 0 Å². The predicted molar refractivity (Wildman–Crippen MR) is 81.2 cm³/mol. The van der Waals surface area contributed by atoms with E-state index < -0.39 is 0 Å². The van der Waals surface area contributed by atoms with E-state index in [2.05, 4.69) is 41.3 Å². The fourth-order valence-corrected chi connectivity index (χ4v) is 2.49. The highest BCUT2D eigenvalue weighted by Crippen LogP contribution is 2.06. The minimum atomic E-state index is 0.948. The molecule has 0 aromatic carbocycles. The van der Waals surface area contributed by atoms with Crippen LogP contribution in [-0.2, 0) is 19.5 Å². The van der Waals surface area contributed by atoms with Crippen LogP contribution in [0.25, 0.3) is 0 Å². The number of aryl methyl sites for hydroxylation is 2. The zero-order chi connectivity index (χ0) is 13.2. The Balaban J connectivity index is 2.20. The lowest BCUT2D eigenvalue weighted by Gasteiger charge is -2.06. The van der Waals surface area contributed by atoms with E-state index >= 15 is 0 Å². The van der Waals surface area contributed by atoms with Crippen molar-refractivity contribution in [1.82, 2.24) is 15.1 Å². The number of rotatable bonds is 10. The first-order valence-electron chi connectivity index (χ1n) is 7.07. The van der Waals surface area contributed by atoms with E-state index in [1.165, 1.54) is 36.4 Å². The van der Waals surface area contributed by atoms with Crippen molar-refractivity contribution in [3.63, 3.8) is 0 Å². The maximum absolute atomic E-state index is 4.56. The minimum Gasteiger partial charge on any atom is -0.311 e. The van der Waals surface area contributed by atoms with Gasteiger partial charge < -0.3 is 5.32 Å². The van der Waals surface area contributed by atoms with E-state index in [4.69, 9.17) is 0 Å². The van der Waals surface area contributed by atoms with Gasteiger partial charge in [0.1, 0.15) is 0 Å². The molecule has 0 saturated carbocycles. The molecule has 3 nitrogen and oxygen atoms in total. The molecule has 18 heavy (non-hydrogen) atoms. The third kappa shape index (κ3) is 5.44. The molecule has 4 heteroatoms. The van der Waals surface area contributed by atoms with E-state index in [0.717, 1.165) is 26.1 Å². The van der Waals surface area contributed by atoms with Gasteiger partial charge in [-0.05, 0) is 50.8 Å². The maximum Gasteiger partial charge on any atom is 0.0625 e. The number of hydrogen-bond acceptors (Lipinski definition) is 3. The monoisotopic (exact) mass is 269 g/mol. The van der Waals surface area contributed by atoms with Crippen molar-refractivity contribution < 1.29 is 0 Å². The molecule has 1 heterocycles. The Morgan fingerprint density at radius 3 is 2.78 bits per heavy atom. The van der Waals surface area contributed by atoms with Crippen LogP contribution in [0.2, 0.25) is 0 Å². The Hall–Kier alpha value is -0.480. The van der Waals surface area contributed by atoms with Crippen LogP contribution in [-0.4, -0.2) is 28.3 Å². The highest BCUT2D eigenvalue weighted by molar-refractivity contribution is 7.98. The Morgan fingerprint density at radius 1 is 1.28 bits per heavy atom. The molecule has 0 atom stereocenters. The van der Waals surface area contributed by atoms with Gasteiger partial charge in [-0.15, -0.1) is 0 Å². The summed E-state index contributed by atoms with van der Waals surface area (Å²) in [7, 11) is 0. The summed E-state index contributed by atoms with van der Waals surface area (Å²) >= 11 is 1.94. The van der Waals surface area contributed by atoms with Crippen LogP contribution in [0, 0.1) is 0 Å². The topological polar surface area (TPSA) is 29.9 Å². The second kappa shape index (κ2) is 9.45. The first-order chi connectivity index (χ1) is 8.81. The molecule has 1 aromatic heterocycles. The number of aromatic nitrogens is 2. The lowest BCUT2D eigenvalue weighted by Crippen LogP contribution is -2.17. The van der Waals surface area contributed by atoms with Gasteiger partial charge in [0.05, 0.1) is 11.4 Å². The third-order valence-corrected chi connectivity index (χ3v) is 3.78. The molecule has 0 radical (unpaired) electrons. The Morgan fingerprint density at radius 2 is 2.11 bits per heavy atom. The number of nitrogens with zero attached hydrogens (tertiary/aromatic N) is 2. The van der Waals surface area contributed by atoms with E-state index in [1.807, 2.05) is 11.8 Å². The smallest absolute Gasteiger partial charge is 0.0625 e. The second-order valence-electron chi connectivity index (χ2n) is 4.53. The van der Waals surface area contributed by atoms with Crippen LogP contribution in [0.15, 0.2) is 6.07 Å². The van der Waals surface area contributed by atoms with Crippen molar-refractivity contribution in [2.45, 2.75) is 52.6 Å². The van der Waals surface area contributed by atoms with Gasteiger partial charge in [-0.25, -0.2) is 0 Å². The third-order valence-electron chi connectivity index (χ3n) is 3.08. The Bertz CT molecular complexity index is 323. The van der Waals surface area contributed by atoms with Crippen molar-refractivity contribution in [3.05, 3.63) is 17.5 Å². The van der Waals surface area contributed by atoms with Gasteiger partial charge in [0, 0.05) is 13.1 Å². The van der Waals surface area contributed by atoms with Crippen LogP contribution in [0.3, 0.4) is 0 Å². The number of nitrogens with one attached hydrogen (secondary N) is 1.